The van der Waals surface area contributed by atoms with Crippen molar-refractivity contribution in [1.29, 1.82) is 0 Å². The van der Waals surface area contributed by atoms with Gasteiger partial charge in [0.25, 0.3) is 0 Å². The van der Waals surface area contributed by atoms with Crippen LogP contribution < -0.4 is 15.9 Å². The first-order chi connectivity index (χ1) is 8.16. The molecule has 0 aliphatic rings. The van der Waals surface area contributed by atoms with Gasteiger partial charge < -0.3 is 0 Å². The monoisotopic (exact) mass is 262 g/mol. The van der Waals surface area contributed by atoms with E-state index in [0.29, 0.717) is 0 Å². The average Bonchev–Trinajstić information content (AvgIpc) is 2.39. The minimum atomic E-state index is -1.51. The molecular weight excluding hydrogens is 242 g/mol. The van der Waals surface area contributed by atoms with Crippen molar-refractivity contribution in [2.24, 2.45) is 0 Å². The van der Waals surface area contributed by atoms with Crippen molar-refractivity contribution in [3.8, 4) is 0 Å². The SMILES string of the molecule is CPc1ccccc1[PH](C)(C)c1ccccc1. The van der Waals surface area contributed by atoms with Gasteiger partial charge in [-0.2, -0.15) is 0 Å². The fraction of sp³-hybridized carbons (Fsp3) is 0.200. The zero-order chi connectivity index (χ0) is 12.3. The first kappa shape index (κ1) is 12.7. The van der Waals surface area contributed by atoms with Gasteiger partial charge in [-0.1, -0.05) is 0 Å². The first-order valence-corrected chi connectivity index (χ1v) is 10.5. The van der Waals surface area contributed by atoms with Gasteiger partial charge in [-0.25, -0.2) is 0 Å². The van der Waals surface area contributed by atoms with E-state index in [1.807, 2.05) is 0 Å². The summed E-state index contributed by atoms with van der Waals surface area (Å²) >= 11 is 0. The normalized spacial score (nSPS) is 13.1. The predicted molar refractivity (Wildman–Crippen MR) is 86.2 cm³/mol. The van der Waals surface area contributed by atoms with E-state index in [4.69, 9.17) is 0 Å². The van der Waals surface area contributed by atoms with Gasteiger partial charge in [-0.3, -0.25) is 0 Å². The van der Waals surface area contributed by atoms with Gasteiger partial charge in [0.1, 0.15) is 0 Å². The van der Waals surface area contributed by atoms with Crippen LogP contribution in [-0.4, -0.2) is 20.0 Å². The van der Waals surface area contributed by atoms with Crippen molar-refractivity contribution in [2.45, 2.75) is 0 Å². The summed E-state index contributed by atoms with van der Waals surface area (Å²) in [6, 6.07) is 19.9. The van der Waals surface area contributed by atoms with Gasteiger partial charge in [0, 0.05) is 0 Å². The second kappa shape index (κ2) is 5.30. The molecule has 0 aromatic heterocycles. The number of hydrogen-bond acceptors (Lipinski definition) is 0. The standard InChI is InChI=1S/C15H20P2/c1-16-14-11-7-8-12-15(14)17(2,3)13-9-5-4-6-10-13/h4-12,16-17H,1-3H3. The fourth-order valence-corrected chi connectivity index (χ4v) is 6.79. The van der Waals surface area contributed by atoms with Crippen molar-refractivity contribution >= 4 is 31.8 Å². The molecular formula is C15H20P2. The third-order valence-corrected chi connectivity index (χ3v) is 8.15. The summed E-state index contributed by atoms with van der Waals surface area (Å²) < 4.78 is 0. The van der Waals surface area contributed by atoms with Gasteiger partial charge in [-0.05, 0) is 0 Å². The van der Waals surface area contributed by atoms with Crippen molar-refractivity contribution < 1.29 is 0 Å². The molecule has 0 spiro atoms. The van der Waals surface area contributed by atoms with Gasteiger partial charge >= 0.3 is 106 Å². The molecule has 2 aromatic rings. The molecule has 0 aliphatic heterocycles. The zero-order valence-corrected chi connectivity index (χ0v) is 12.7. The Morgan fingerprint density at radius 1 is 0.824 bits per heavy atom. The van der Waals surface area contributed by atoms with Crippen molar-refractivity contribution in [3.05, 3.63) is 54.6 Å². The molecule has 1 atom stereocenters. The second-order valence-corrected chi connectivity index (χ2v) is 10.2. The molecule has 0 amide bonds. The van der Waals surface area contributed by atoms with E-state index in [-0.39, 0.29) is 0 Å². The molecule has 0 nitrogen and oxygen atoms in total. The quantitative estimate of drug-likeness (QED) is 0.746. The second-order valence-electron chi connectivity index (χ2n) is 4.79. The summed E-state index contributed by atoms with van der Waals surface area (Å²) in [7, 11) is -0.632. The van der Waals surface area contributed by atoms with Crippen molar-refractivity contribution in [2.75, 3.05) is 20.0 Å². The van der Waals surface area contributed by atoms with E-state index < -0.39 is 7.26 Å². The molecule has 2 rings (SSSR count). The zero-order valence-electron chi connectivity index (χ0n) is 10.7. The molecule has 0 radical (unpaired) electrons. The maximum atomic E-state index is 2.45. The number of rotatable bonds is 3. The van der Waals surface area contributed by atoms with Crippen LogP contribution in [0.5, 0.6) is 0 Å². The Hall–Kier alpha value is -0.700. The van der Waals surface area contributed by atoms with Crippen LogP contribution in [0.1, 0.15) is 0 Å². The van der Waals surface area contributed by atoms with Crippen LogP contribution in [0.15, 0.2) is 54.6 Å². The van der Waals surface area contributed by atoms with Crippen LogP contribution >= 0.6 is 15.8 Å². The number of benzene rings is 2. The van der Waals surface area contributed by atoms with Crippen LogP contribution in [0.4, 0.5) is 0 Å². The molecule has 90 valence electrons. The third-order valence-electron chi connectivity index (χ3n) is 3.37. The summed E-state index contributed by atoms with van der Waals surface area (Å²) in [6.07, 6.45) is 0. The summed E-state index contributed by atoms with van der Waals surface area (Å²) in [6.45, 7) is 7.16. The molecule has 0 fully saturated rings. The molecule has 0 bridgehead atoms. The predicted octanol–water partition coefficient (Wildman–Crippen LogP) is 2.58. The molecule has 0 aliphatic carbocycles. The average molecular weight is 262 g/mol. The number of hydrogen-bond donors (Lipinski definition) is 0. The van der Waals surface area contributed by atoms with Gasteiger partial charge in [0.05, 0.1) is 0 Å². The van der Waals surface area contributed by atoms with Crippen LogP contribution in [0, 0.1) is 0 Å². The van der Waals surface area contributed by atoms with Crippen molar-refractivity contribution in [1.82, 2.24) is 0 Å². The molecule has 1 unspecified atom stereocenters. The van der Waals surface area contributed by atoms with E-state index in [1.54, 1.807) is 5.30 Å². The molecule has 17 heavy (non-hydrogen) atoms. The van der Waals surface area contributed by atoms with E-state index in [1.165, 1.54) is 10.6 Å². The topological polar surface area (TPSA) is 0 Å². The van der Waals surface area contributed by atoms with Gasteiger partial charge in [0.15, 0.2) is 0 Å². The van der Waals surface area contributed by atoms with E-state index >= 15 is 0 Å². The van der Waals surface area contributed by atoms with Crippen LogP contribution in [-0.2, 0) is 0 Å². The maximum absolute atomic E-state index is 2.45. The first-order valence-electron chi connectivity index (χ1n) is 5.99. The van der Waals surface area contributed by atoms with Crippen LogP contribution in [0.3, 0.4) is 0 Å². The Labute approximate surface area is 107 Å². The summed E-state index contributed by atoms with van der Waals surface area (Å²) in [4.78, 5) is 0. The summed E-state index contributed by atoms with van der Waals surface area (Å²) in [5, 5.41) is 4.64. The minimum absolute atomic E-state index is 0.882. The van der Waals surface area contributed by atoms with E-state index in [2.05, 4.69) is 74.6 Å². The molecule has 2 heteroatoms. The van der Waals surface area contributed by atoms with Gasteiger partial charge in [0.2, 0.25) is 0 Å². The van der Waals surface area contributed by atoms with Crippen molar-refractivity contribution in [3.63, 3.8) is 0 Å². The Bertz CT molecular complexity index is 489. The van der Waals surface area contributed by atoms with E-state index in [9.17, 15) is 0 Å². The Morgan fingerprint density at radius 2 is 1.41 bits per heavy atom. The van der Waals surface area contributed by atoms with Gasteiger partial charge in [-0.15, -0.1) is 0 Å². The molecule has 0 heterocycles. The Balaban J connectivity index is 2.51. The Kier molecular flexibility index (Phi) is 3.97. The molecule has 0 saturated heterocycles. The van der Waals surface area contributed by atoms with Crippen LogP contribution in [0.2, 0.25) is 0 Å². The summed E-state index contributed by atoms with van der Waals surface area (Å²) in [5.41, 5.74) is 0. The summed E-state index contributed by atoms with van der Waals surface area (Å²) in [5.74, 6) is 0. The van der Waals surface area contributed by atoms with Crippen LogP contribution in [0.25, 0.3) is 0 Å². The van der Waals surface area contributed by atoms with E-state index in [0.717, 1.165) is 8.58 Å². The Morgan fingerprint density at radius 3 is 2.06 bits per heavy atom. The third kappa shape index (κ3) is 2.59. The molecule has 2 aromatic carbocycles. The molecule has 0 N–H and O–H groups in total. The fourth-order valence-electron chi connectivity index (χ4n) is 2.26. The molecule has 0 saturated carbocycles.